The first-order valence-electron chi connectivity index (χ1n) is 11.5. The largest absolute Gasteiger partial charge is 0.495 e. The predicted molar refractivity (Wildman–Crippen MR) is 134 cm³/mol. The van der Waals surface area contributed by atoms with E-state index in [1.165, 1.54) is 0 Å². The number of rotatable bonds is 7. The van der Waals surface area contributed by atoms with Crippen LogP contribution in [-0.4, -0.2) is 39.2 Å². The second-order valence-electron chi connectivity index (χ2n) is 8.32. The van der Waals surface area contributed by atoms with Gasteiger partial charge >= 0.3 is 6.03 Å². The van der Waals surface area contributed by atoms with Crippen LogP contribution in [0.3, 0.4) is 0 Å². The van der Waals surface area contributed by atoms with Crippen LogP contribution in [0.25, 0.3) is 33.2 Å². The number of nitrogens with zero attached hydrogens (tertiary/aromatic N) is 3. The highest BCUT2D eigenvalue weighted by Crippen LogP contribution is 2.28. The number of aromatic nitrogens is 4. The number of hydrogen-bond donors (Lipinski definition) is 2. The fraction of sp³-hybridized carbons (Fsp3) is 0.222. The Morgan fingerprint density at radius 1 is 1.09 bits per heavy atom. The van der Waals surface area contributed by atoms with E-state index < -0.39 is 0 Å². The minimum absolute atomic E-state index is 0.0893. The number of aromatic amines is 1. The van der Waals surface area contributed by atoms with Crippen molar-refractivity contribution < 1.29 is 9.53 Å². The van der Waals surface area contributed by atoms with Crippen LogP contribution in [0.4, 0.5) is 4.79 Å². The molecule has 0 unspecified atom stereocenters. The van der Waals surface area contributed by atoms with Gasteiger partial charge in [-0.3, -0.25) is 9.55 Å². The topological polar surface area (TPSA) is 84.8 Å². The van der Waals surface area contributed by atoms with Crippen molar-refractivity contribution in [2.45, 2.75) is 26.2 Å². The Morgan fingerprint density at radius 3 is 2.79 bits per heavy atom. The number of carbonyl (C=O) groups is 1. The number of carbonyl (C=O) groups excluding carboxylic acids is 1. The molecule has 0 aliphatic rings. The molecule has 0 aliphatic heterocycles. The lowest BCUT2D eigenvalue weighted by molar-refractivity contribution is 0.243. The lowest BCUT2D eigenvalue weighted by atomic mass is 10.0. The Hall–Kier alpha value is -4.13. The van der Waals surface area contributed by atoms with Crippen molar-refractivity contribution in [3.05, 3.63) is 78.4 Å². The number of ether oxygens (including phenoxy) is 1. The summed E-state index contributed by atoms with van der Waals surface area (Å²) >= 11 is 0. The molecular formula is C27H27N5O2. The summed E-state index contributed by atoms with van der Waals surface area (Å²) in [5.41, 5.74) is 5.84. The van der Waals surface area contributed by atoms with Crippen LogP contribution in [0.2, 0.25) is 0 Å². The average molecular weight is 454 g/mol. The van der Waals surface area contributed by atoms with Crippen molar-refractivity contribution in [3.8, 4) is 17.0 Å². The van der Waals surface area contributed by atoms with Gasteiger partial charge in [0, 0.05) is 47.9 Å². The summed E-state index contributed by atoms with van der Waals surface area (Å²) < 4.78 is 6.91. The molecule has 0 aliphatic carbocycles. The third-order valence-corrected chi connectivity index (χ3v) is 6.11. The van der Waals surface area contributed by atoms with Gasteiger partial charge in [0.25, 0.3) is 0 Å². The van der Waals surface area contributed by atoms with Gasteiger partial charge in [0.05, 0.1) is 24.5 Å². The van der Waals surface area contributed by atoms with Gasteiger partial charge in [-0.25, -0.2) is 9.78 Å². The second kappa shape index (κ2) is 9.39. The van der Waals surface area contributed by atoms with E-state index in [2.05, 4.69) is 39.3 Å². The van der Waals surface area contributed by atoms with Gasteiger partial charge in [-0.05, 0) is 47.9 Å². The molecule has 0 atom stereocenters. The number of unbranched alkanes of at least 4 members (excludes halogenated alkanes) is 1. The SMILES string of the molecule is CCCCNC(=O)n1ccc2c(Cc3c[nH]c4ncc(-c5ccc(OC)cn5)cc34)cccc21. The van der Waals surface area contributed by atoms with Crippen molar-refractivity contribution in [2.75, 3.05) is 13.7 Å². The number of benzene rings is 1. The zero-order valence-corrected chi connectivity index (χ0v) is 19.3. The van der Waals surface area contributed by atoms with E-state index in [0.717, 1.165) is 69.3 Å². The predicted octanol–water partition coefficient (Wildman–Crippen LogP) is 5.54. The number of amides is 1. The molecule has 172 valence electrons. The van der Waals surface area contributed by atoms with Crippen molar-refractivity contribution in [2.24, 2.45) is 0 Å². The highest BCUT2D eigenvalue weighted by atomic mass is 16.5. The molecule has 0 spiro atoms. The summed E-state index contributed by atoms with van der Waals surface area (Å²) in [4.78, 5) is 25.0. The van der Waals surface area contributed by atoms with Crippen LogP contribution >= 0.6 is 0 Å². The van der Waals surface area contributed by atoms with E-state index in [1.807, 2.05) is 48.9 Å². The van der Waals surface area contributed by atoms with Crippen LogP contribution in [0.15, 0.2) is 67.3 Å². The van der Waals surface area contributed by atoms with Crippen molar-refractivity contribution in [1.29, 1.82) is 0 Å². The Labute approximate surface area is 197 Å². The quantitative estimate of drug-likeness (QED) is 0.317. The van der Waals surface area contributed by atoms with Crippen molar-refractivity contribution in [3.63, 3.8) is 0 Å². The van der Waals surface area contributed by atoms with Gasteiger partial charge < -0.3 is 15.0 Å². The van der Waals surface area contributed by atoms with Crippen LogP contribution in [0, 0.1) is 0 Å². The molecule has 5 rings (SSSR count). The summed E-state index contributed by atoms with van der Waals surface area (Å²) in [6.07, 6.45) is 10.1. The number of methoxy groups -OCH3 is 1. The normalized spacial score (nSPS) is 11.2. The summed E-state index contributed by atoms with van der Waals surface area (Å²) in [5, 5.41) is 5.13. The molecule has 4 heterocycles. The Bertz CT molecular complexity index is 1450. The number of H-pyrrole nitrogens is 1. The third-order valence-electron chi connectivity index (χ3n) is 6.11. The van der Waals surface area contributed by atoms with Gasteiger partial charge in [-0.1, -0.05) is 25.5 Å². The molecule has 2 N–H and O–H groups in total. The summed E-state index contributed by atoms with van der Waals surface area (Å²) in [6.45, 7) is 2.79. The molecule has 5 aromatic rings. The smallest absolute Gasteiger partial charge is 0.326 e. The lowest BCUT2D eigenvalue weighted by Crippen LogP contribution is -2.28. The monoisotopic (exact) mass is 453 g/mol. The van der Waals surface area contributed by atoms with Gasteiger partial charge in [-0.15, -0.1) is 0 Å². The maximum absolute atomic E-state index is 12.6. The highest BCUT2D eigenvalue weighted by molar-refractivity contribution is 5.94. The molecule has 0 radical (unpaired) electrons. The molecule has 1 aromatic carbocycles. The fourth-order valence-corrected chi connectivity index (χ4v) is 4.24. The molecule has 7 heteroatoms. The molecule has 34 heavy (non-hydrogen) atoms. The van der Waals surface area contributed by atoms with E-state index in [4.69, 9.17) is 4.74 Å². The summed E-state index contributed by atoms with van der Waals surface area (Å²) in [6, 6.07) is 14.0. The minimum atomic E-state index is -0.0893. The number of pyridine rings is 2. The average Bonchev–Trinajstić information content (AvgIpc) is 3.49. The van der Waals surface area contributed by atoms with Gasteiger partial charge in [0.1, 0.15) is 11.4 Å². The van der Waals surface area contributed by atoms with Crippen LogP contribution in [-0.2, 0) is 6.42 Å². The number of hydrogen-bond acceptors (Lipinski definition) is 4. The van der Waals surface area contributed by atoms with Gasteiger partial charge in [0.15, 0.2) is 0 Å². The first kappa shape index (κ1) is 21.7. The van der Waals surface area contributed by atoms with Gasteiger partial charge in [0.2, 0.25) is 0 Å². The van der Waals surface area contributed by atoms with Crippen LogP contribution in [0.5, 0.6) is 5.75 Å². The maximum Gasteiger partial charge on any atom is 0.326 e. The standard InChI is InChI=1S/C27H27N5O2/c1-3-4-11-28-27(33)32-12-10-22-18(6-5-7-25(22)32)13-19-15-30-26-23(19)14-20(16-31-26)24-9-8-21(34-2)17-29-24/h5-10,12,14-17H,3-4,11,13H2,1-2H3,(H,28,33)(H,30,31). The highest BCUT2D eigenvalue weighted by Gasteiger charge is 2.14. The summed E-state index contributed by atoms with van der Waals surface area (Å²) in [5.74, 6) is 0.721. The van der Waals surface area contributed by atoms with E-state index >= 15 is 0 Å². The zero-order valence-electron chi connectivity index (χ0n) is 19.3. The third kappa shape index (κ3) is 4.12. The first-order valence-corrected chi connectivity index (χ1v) is 11.5. The molecule has 0 saturated carbocycles. The van der Waals surface area contributed by atoms with E-state index in [-0.39, 0.29) is 6.03 Å². The van der Waals surface area contributed by atoms with Crippen molar-refractivity contribution in [1.82, 2.24) is 24.8 Å². The molecule has 0 bridgehead atoms. The molecule has 1 amide bonds. The summed E-state index contributed by atoms with van der Waals surface area (Å²) in [7, 11) is 1.63. The number of fused-ring (bicyclic) bond motifs is 2. The van der Waals surface area contributed by atoms with E-state index in [1.54, 1.807) is 17.9 Å². The second-order valence-corrected chi connectivity index (χ2v) is 8.32. The molecule has 0 saturated heterocycles. The van der Waals surface area contributed by atoms with Crippen LogP contribution < -0.4 is 10.1 Å². The van der Waals surface area contributed by atoms with E-state index in [9.17, 15) is 4.79 Å². The fourth-order valence-electron chi connectivity index (χ4n) is 4.24. The molecule has 4 aromatic heterocycles. The molecule has 7 nitrogen and oxygen atoms in total. The molecular weight excluding hydrogens is 426 g/mol. The van der Waals surface area contributed by atoms with Crippen molar-refractivity contribution >= 4 is 28.0 Å². The Morgan fingerprint density at radius 2 is 2.00 bits per heavy atom. The Balaban J connectivity index is 1.46. The van der Waals surface area contributed by atoms with E-state index in [0.29, 0.717) is 6.54 Å². The lowest BCUT2D eigenvalue weighted by Gasteiger charge is -2.08. The Kier molecular flexibility index (Phi) is 5.99. The number of nitrogens with one attached hydrogen (secondary N) is 2. The maximum atomic E-state index is 12.6. The minimum Gasteiger partial charge on any atom is -0.495 e. The van der Waals surface area contributed by atoms with Gasteiger partial charge in [-0.2, -0.15) is 0 Å². The first-order chi connectivity index (χ1) is 16.7. The molecule has 0 fully saturated rings. The zero-order chi connectivity index (χ0) is 23.5. The van der Waals surface area contributed by atoms with Crippen LogP contribution in [0.1, 0.15) is 30.9 Å².